The van der Waals surface area contributed by atoms with Crippen LogP contribution in [-0.4, -0.2) is 25.9 Å². The summed E-state index contributed by atoms with van der Waals surface area (Å²) in [6.45, 7) is 0. The Morgan fingerprint density at radius 3 is 1.48 bits per heavy atom. The SMILES string of the molecule is COc1ccc(-c2ccc(-c3ccc(OC)cc3C(=N)N)o2)c(C(=N)N)c1. The standard InChI is InChI=1S/C20H20N4O3/c1-25-11-3-5-13(15(9-11)19(21)22)17-7-8-18(27-17)14-6-4-12(26-2)10-16(14)20(23)24/h3-10H,1-2H3,(H3,21,22)(H3,23,24). The lowest BCUT2D eigenvalue weighted by atomic mass is 10.0. The number of hydrogen-bond donors (Lipinski definition) is 4. The van der Waals surface area contributed by atoms with Crippen molar-refractivity contribution in [2.45, 2.75) is 0 Å². The van der Waals surface area contributed by atoms with Crippen LogP contribution in [0.15, 0.2) is 52.9 Å². The van der Waals surface area contributed by atoms with Crippen LogP contribution in [0, 0.1) is 10.8 Å². The molecule has 0 bridgehead atoms. The fourth-order valence-electron chi connectivity index (χ4n) is 2.80. The van der Waals surface area contributed by atoms with Crippen LogP contribution in [0.2, 0.25) is 0 Å². The van der Waals surface area contributed by atoms with Crippen molar-refractivity contribution < 1.29 is 13.9 Å². The van der Waals surface area contributed by atoms with Crippen molar-refractivity contribution >= 4 is 11.7 Å². The summed E-state index contributed by atoms with van der Waals surface area (Å²) in [5.41, 5.74) is 13.8. The Bertz CT molecular complexity index is 944. The number of methoxy groups -OCH3 is 2. The van der Waals surface area contributed by atoms with Gasteiger partial charge in [-0.05, 0) is 48.5 Å². The monoisotopic (exact) mass is 364 g/mol. The lowest BCUT2D eigenvalue weighted by Gasteiger charge is -2.10. The van der Waals surface area contributed by atoms with E-state index in [0.29, 0.717) is 45.3 Å². The van der Waals surface area contributed by atoms with Gasteiger partial charge in [-0.3, -0.25) is 10.8 Å². The molecule has 0 spiro atoms. The molecule has 3 rings (SSSR count). The van der Waals surface area contributed by atoms with Gasteiger partial charge in [0.2, 0.25) is 0 Å². The molecular weight excluding hydrogens is 344 g/mol. The summed E-state index contributed by atoms with van der Waals surface area (Å²) < 4.78 is 16.4. The van der Waals surface area contributed by atoms with Crippen molar-refractivity contribution in [1.29, 1.82) is 10.8 Å². The van der Waals surface area contributed by atoms with E-state index < -0.39 is 0 Å². The van der Waals surface area contributed by atoms with E-state index in [1.807, 2.05) is 0 Å². The van der Waals surface area contributed by atoms with E-state index in [1.165, 1.54) is 0 Å². The maximum absolute atomic E-state index is 7.83. The molecule has 0 radical (unpaired) electrons. The number of nitrogens with one attached hydrogen (secondary N) is 2. The molecule has 0 aliphatic carbocycles. The second-order valence-electron chi connectivity index (χ2n) is 5.81. The van der Waals surface area contributed by atoms with E-state index >= 15 is 0 Å². The van der Waals surface area contributed by atoms with E-state index in [9.17, 15) is 0 Å². The van der Waals surface area contributed by atoms with Crippen molar-refractivity contribution in [1.82, 2.24) is 0 Å². The van der Waals surface area contributed by atoms with Gasteiger partial charge in [0.1, 0.15) is 34.7 Å². The van der Waals surface area contributed by atoms with Crippen molar-refractivity contribution in [3.63, 3.8) is 0 Å². The minimum atomic E-state index is -0.0873. The summed E-state index contributed by atoms with van der Waals surface area (Å²) in [6.07, 6.45) is 0. The molecule has 0 aliphatic rings. The highest BCUT2D eigenvalue weighted by Gasteiger charge is 2.16. The van der Waals surface area contributed by atoms with Crippen LogP contribution < -0.4 is 20.9 Å². The van der Waals surface area contributed by atoms with Gasteiger partial charge >= 0.3 is 0 Å². The van der Waals surface area contributed by atoms with E-state index in [-0.39, 0.29) is 11.7 Å². The van der Waals surface area contributed by atoms with Crippen molar-refractivity contribution in [2.24, 2.45) is 11.5 Å². The van der Waals surface area contributed by atoms with Gasteiger partial charge < -0.3 is 25.4 Å². The highest BCUT2D eigenvalue weighted by molar-refractivity contribution is 6.02. The van der Waals surface area contributed by atoms with Crippen LogP contribution in [0.3, 0.4) is 0 Å². The summed E-state index contributed by atoms with van der Waals surface area (Å²) in [5.74, 6) is 2.12. The fourth-order valence-corrected chi connectivity index (χ4v) is 2.80. The van der Waals surface area contributed by atoms with Crippen molar-refractivity contribution in [3.8, 4) is 34.1 Å². The van der Waals surface area contributed by atoms with Crippen LogP contribution in [0.4, 0.5) is 0 Å². The van der Waals surface area contributed by atoms with Gasteiger partial charge in [0, 0.05) is 22.3 Å². The number of benzene rings is 2. The van der Waals surface area contributed by atoms with Gasteiger partial charge in [-0.1, -0.05) is 0 Å². The molecule has 2 aromatic carbocycles. The minimum absolute atomic E-state index is 0.0873. The smallest absolute Gasteiger partial charge is 0.135 e. The normalized spacial score (nSPS) is 10.4. The van der Waals surface area contributed by atoms with Gasteiger partial charge in [-0.15, -0.1) is 0 Å². The van der Waals surface area contributed by atoms with E-state index in [0.717, 1.165) is 0 Å². The zero-order chi connectivity index (χ0) is 19.6. The van der Waals surface area contributed by atoms with Crippen LogP contribution in [-0.2, 0) is 0 Å². The van der Waals surface area contributed by atoms with Crippen molar-refractivity contribution in [3.05, 3.63) is 59.7 Å². The van der Waals surface area contributed by atoms with Crippen LogP contribution in [0.25, 0.3) is 22.6 Å². The third-order valence-corrected chi connectivity index (χ3v) is 4.17. The van der Waals surface area contributed by atoms with Gasteiger partial charge in [-0.2, -0.15) is 0 Å². The average molecular weight is 364 g/mol. The Hall–Kier alpha value is -3.74. The zero-order valence-corrected chi connectivity index (χ0v) is 15.0. The van der Waals surface area contributed by atoms with Gasteiger partial charge in [0.05, 0.1) is 14.2 Å². The molecule has 1 aromatic heterocycles. The molecule has 0 unspecified atom stereocenters. The molecular formula is C20H20N4O3. The zero-order valence-electron chi connectivity index (χ0n) is 15.0. The summed E-state index contributed by atoms with van der Waals surface area (Å²) in [6, 6.07) is 14.1. The second-order valence-corrected chi connectivity index (χ2v) is 5.81. The number of amidine groups is 2. The van der Waals surface area contributed by atoms with E-state index in [1.54, 1.807) is 62.8 Å². The van der Waals surface area contributed by atoms with Crippen LogP contribution >= 0.6 is 0 Å². The van der Waals surface area contributed by atoms with Gasteiger partial charge in [0.25, 0.3) is 0 Å². The molecule has 6 N–H and O–H groups in total. The predicted molar refractivity (Wildman–Crippen MR) is 105 cm³/mol. The van der Waals surface area contributed by atoms with Crippen molar-refractivity contribution in [2.75, 3.05) is 14.2 Å². The lowest BCUT2D eigenvalue weighted by Crippen LogP contribution is -2.12. The first-order chi connectivity index (χ1) is 12.9. The molecule has 3 aromatic rings. The lowest BCUT2D eigenvalue weighted by molar-refractivity contribution is 0.414. The van der Waals surface area contributed by atoms with Gasteiger partial charge in [-0.25, -0.2) is 0 Å². The topological polar surface area (TPSA) is 131 Å². The minimum Gasteiger partial charge on any atom is -0.497 e. The Kier molecular flexibility index (Phi) is 4.85. The molecule has 1 heterocycles. The number of furan rings is 1. The molecule has 0 amide bonds. The Balaban J connectivity index is 2.09. The molecule has 7 nitrogen and oxygen atoms in total. The first-order valence-corrected chi connectivity index (χ1v) is 8.10. The quantitative estimate of drug-likeness (QED) is 0.394. The molecule has 138 valence electrons. The maximum atomic E-state index is 7.83. The number of nitrogen functional groups attached to an aromatic ring is 2. The molecule has 0 saturated carbocycles. The summed E-state index contributed by atoms with van der Waals surface area (Å²) in [7, 11) is 3.10. The number of hydrogen-bond acceptors (Lipinski definition) is 5. The Labute approximate surface area is 156 Å². The highest BCUT2D eigenvalue weighted by Crippen LogP contribution is 2.34. The van der Waals surface area contributed by atoms with E-state index in [2.05, 4.69) is 0 Å². The first kappa shape index (κ1) is 18.1. The molecule has 27 heavy (non-hydrogen) atoms. The third kappa shape index (κ3) is 3.48. The van der Waals surface area contributed by atoms with Crippen LogP contribution in [0.5, 0.6) is 11.5 Å². The number of ether oxygens (including phenoxy) is 2. The molecule has 7 heteroatoms. The maximum Gasteiger partial charge on any atom is 0.135 e. The largest absolute Gasteiger partial charge is 0.497 e. The number of rotatable bonds is 6. The average Bonchev–Trinajstić information content (AvgIpc) is 3.16. The molecule has 0 saturated heterocycles. The van der Waals surface area contributed by atoms with E-state index in [4.69, 9.17) is 36.2 Å². The summed E-state index contributed by atoms with van der Waals surface area (Å²) in [5, 5.41) is 15.7. The predicted octanol–water partition coefficient (Wildman–Crippen LogP) is 3.20. The molecule has 0 fully saturated rings. The second kappa shape index (κ2) is 7.25. The molecule has 0 atom stereocenters. The van der Waals surface area contributed by atoms with Crippen LogP contribution in [0.1, 0.15) is 11.1 Å². The number of nitrogens with two attached hydrogens (primary N) is 2. The fraction of sp³-hybridized carbons (Fsp3) is 0.100. The summed E-state index contributed by atoms with van der Waals surface area (Å²) in [4.78, 5) is 0. The Morgan fingerprint density at radius 2 is 1.15 bits per heavy atom. The first-order valence-electron chi connectivity index (χ1n) is 8.10. The Morgan fingerprint density at radius 1 is 0.741 bits per heavy atom. The molecule has 0 aliphatic heterocycles. The van der Waals surface area contributed by atoms with Gasteiger partial charge in [0.15, 0.2) is 0 Å². The third-order valence-electron chi connectivity index (χ3n) is 4.17. The summed E-state index contributed by atoms with van der Waals surface area (Å²) >= 11 is 0. The highest BCUT2D eigenvalue weighted by atomic mass is 16.5.